The minimum Gasteiger partial charge on any atom is -0.310 e. The Balaban J connectivity index is 1.10. The molecule has 2 nitrogen and oxygen atoms in total. The van der Waals surface area contributed by atoms with Gasteiger partial charge in [-0.05, 0) is 132 Å². The number of aromatic nitrogens is 1. The molecular formula is C63H46N2. The second-order valence-corrected chi connectivity index (χ2v) is 17.9. The molecule has 2 aliphatic carbocycles. The minimum absolute atomic E-state index is 0.145. The Morgan fingerprint density at radius 1 is 0.338 bits per heavy atom. The molecule has 2 aliphatic rings. The van der Waals surface area contributed by atoms with Crippen LogP contribution >= 0.6 is 0 Å². The van der Waals surface area contributed by atoms with Crippen LogP contribution in [0.4, 0.5) is 17.1 Å². The highest BCUT2D eigenvalue weighted by molar-refractivity contribution is 5.95. The molecule has 0 radical (unpaired) electrons. The van der Waals surface area contributed by atoms with Crippen molar-refractivity contribution in [1.82, 2.24) is 4.98 Å². The van der Waals surface area contributed by atoms with Crippen LogP contribution in [-0.2, 0) is 10.8 Å². The molecule has 1 aromatic heterocycles. The predicted octanol–water partition coefficient (Wildman–Crippen LogP) is 16.2. The molecule has 0 spiro atoms. The van der Waals surface area contributed by atoms with E-state index in [9.17, 15) is 0 Å². The zero-order valence-electron chi connectivity index (χ0n) is 36.5. The maximum absolute atomic E-state index is 4.78. The van der Waals surface area contributed by atoms with E-state index in [1.807, 2.05) is 6.20 Å². The van der Waals surface area contributed by atoms with Crippen LogP contribution in [0.3, 0.4) is 0 Å². The summed E-state index contributed by atoms with van der Waals surface area (Å²) in [5.41, 5.74) is 22.3. The van der Waals surface area contributed by atoms with Crippen molar-refractivity contribution in [3.8, 4) is 55.6 Å². The van der Waals surface area contributed by atoms with Crippen LogP contribution in [0.5, 0.6) is 0 Å². The Bertz CT molecular complexity index is 3370. The summed E-state index contributed by atoms with van der Waals surface area (Å²) in [4.78, 5) is 7.24. The Kier molecular flexibility index (Phi) is 9.10. The number of nitrogens with zero attached hydrogens (tertiary/aromatic N) is 2. The van der Waals surface area contributed by atoms with Gasteiger partial charge in [0, 0.05) is 34.7 Å². The van der Waals surface area contributed by atoms with E-state index < -0.39 is 5.41 Å². The van der Waals surface area contributed by atoms with Crippen molar-refractivity contribution in [2.45, 2.75) is 24.7 Å². The van der Waals surface area contributed by atoms with Gasteiger partial charge in [-0.25, -0.2) is 0 Å². The summed E-state index contributed by atoms with van der Waals surface area (Å²) in [5, 5.41) is 0. The van der Waals surface area contributed by atoms with Crippen molar-refractivity contribution in [1.29, 1.82) is 0 Å². The smallest absolute Gasteiger partial charge is 0.0728 e. The lowest BCUT2D eigenvalue weighted by Crippen LogP contribution is -2.28. The first kappa shape index (κ1) is 38.6. The number of hydrogen-bond donors (Lipinski definition) is 0. The first-order valence-corrected chi connectivity index (χ1v) is 22.6. The van der Waals surface area contributed by atoms with Gasteiger partial charge in [-0.2, -0.15) is 0 Å². The van der Waals surface area contributed by atoms with Crippen molar-refractivity contribution in [3.05, 3.63) is 276 Å². The number of pyridine rings is 1. The molecule has 9 aromatic carbocycles. The quantitative estimate of drug-likeness (QED) is 0.152. The maximum atomic E-state index is 4.78. The van der Waals surface area contributed by atoms with Gasteiger partial charge in [-0.15, -0.1) is 0 Å². The van der Waals surface area contributed by atoms with Crippen LogP contribution < -0.4 is 4.90 Å². The van der Waals surface area contributed by atoms with Crippen molar-refractivity contribution in [3.63, 3.8) is 0 Å². The van der Waals surface area contributed by atoms with Gasteiger partial charge in [0.15, 0.2) is 0 Å². The van der Waals surface area contributed by atoms with Gasteiger partial charge in [-0.3, -0.25) is 4.98 Å². The van der Waals surface area contributed by atoms with Gasteiger partial charge in [0.05, 0.1) is 11.1 Å². The van der Waals surface area contributed by atoms with Crippen LogP contribution in [-0.4, -0.2) is 4.98 Å². The van der Waals surface area contributed by atoms with Gasteiger partial charge in [0.25, 0.3) is 0 Å². The van der Waals surface area contributed by atoms with Crippen LogP contribution in [0.15, 0.2) is 243 Å². The number of fused-ring (bicyclic) bond motifs is 6. The third-order valence-corrected chi connectivity index (χ3v) is 14.1. The molecule has 65 heavy (non-hydrogen) atoms. The molecule has 0 saturated heterocycles. The normalized spacial score (nSPS) is 15.1. The van der Waals surface area contributed by atoms with Crippen LogP contribution in [0, 0.1) is 0 Å². The Labute approximate surface area is 381 Å². The molecule has 1 heterocycles. The lowest BCUT2D eigenvalue weighted by atomic mass is 9.67. The molecule has 12 rings (SSSR count). The predicted molar refractivity (Wildman–Crippen MR) is 270 cm³/mol. The summed E-state index contributed by atoms with van der Waals surface area (Å²) in [5.74, 6) is 0. The molecular weight excluding hydrogens is 785 g/mol. The number of benzene rings is 9. The van der Waals surface area contributed by atoms with Crippen LogP contribution in [0.1, 0.15) is 47.2 Å². The molecule has 10 aromatic rings. The van der Waals surface area contributed by atoms with Gasteiger partial charge in [-0.1, -0.05) is 196 Å². The second kappa shape index (κ2) is 15.3. The largest absolute Gasteiger partial charge is 0.310 e. The molecule has 0 fully saturated rings. The third kappa shape index (κ3) is 6.13. The van der Waals surface area contributed by atoms with Gasteiger partial charge in [0.2, 0.25) is 0 Å². The highest BCUT2D eigenvalue weighted by Gasteiger charge is 2.46. The Hall–Kier alpha value is -8.07. The average Bonchev–Trinajstić information content (AvgIpc) is 3.80. The molecule has 2 heteroatoms. The van der Waals surface area contributed by atoms with E-state index in [0.29, 0.717) is 0 Å². The summed E-state index contributed by atoms with van der Waals surface area (Å²) >= 11 is 0. The van der Waals surface area contributed by atoms with E-state index in [0.717, 1.165) is 33.8 Å². The fourth-order valence-corrected chi connectivity index (χ4v) is 11.0. The zero-order chi connectivity index (χ0) is 43.5. The maximum Gasteiger partial charge on any atom is 0.0728 e. The summed E-state index contributed by atoms with van der Waals surface area (Å²) in [6.07, 6.45) is 3.95. The monoisotopic (exact) mass is 830 g/mol. The first-order chi connectivity index (χ1) is 32.0. The fourth-order valence-electron chi connectivity index (χ4n) is 11.0. The minimum atomic E-state index is -0.623. The highest BCUT2D eigenvalue weighted by atomic mass is 15.1. The summed E-state index contributed by atoms with van der Waals surface area (Å²) < 4.78 is 0. The Morgan fingerprint density at radius 2 is 0.892 bits per heavy atom. The third-order valence-electron chi connectivity index (χ3n) is 14.1. The lowest BCUT2D eigenvalue weighted by molar-refractivity contribution is 0.660. The van der Waals surface area contributed by atoms with Gasteiger partial charge >= 0.3 is 0 Å². The lowest BCUT2D eigenvalue weighted by Gasteiger charge is -2.34. The van der Waals surface area contributed by atoms with E-state index in [1.54, 1.807) is 0 Å². The summed E-state index contributed by atoms with van der Waals surface area (Å²) in [7, 11) is 0. The molecule has 0 aliphatic heterocycles. The number of para-hydroxylation sites is 1. The zero-order valence-corrected chi connectivity index (χ0v) is 36.5. The first-order valence-electron chi connectivity index (χ1n) is 22.6. The van der Waals surface area contributed by atoms with Crippen molar-refractivity contribution < 1.29 is 0 Å². The molecule has 0 N–H and O–H groups in total. The van der Waals surface area contributed by atoms with E-state index in [1.165, 1.54) is 72.3 Å². The van der Waals surface area contributed by atoms with E-state index in [-0.39, 0.29) is 5.41 Å². The molecule has 0 saturated carbocycles. The molecule has 0 amide bonds. The van der Waals surface area contributed by atoms with Crippen LogP contribution in [0.25, 0.3) is 55.6 Å². The van der Waals surface area contributed by atoms with E-state index >= 15 is 0 Å². The van der Waals surface area contributed by atoms with Gasteiger partial charge in [0.1, 0.15) is 0 Å². The molecule has 0 bridgehead atoms. The molecule has 1 unspecified atom stereocenters. The fraction of sp³-hybridized carbons (Fsp3) is 0.0635. The molecule has 1 atom stereocenters. The molecule has 308 valence electrons. The SMILES string of the molecule is CC1(C)c2ccccc2-c2ccc(N(c3ccccc3)c3ccc(-c4ccccc4)cc3-c3ccc4c(c3)C(c3ccc(-c5ccccc5)cc3)(c3cccnc3)c3ccccc3-4)cc21. The second-order valence-electron chi connectivity index (χ2n) is 17.9. The topological polar surface area (TPSA) is 16.1 Å². The Morgan fingerprint density at radius 3 is 1.60 bits per heavy atom. The summed E-state index contributed by atoms with van der Waals surface area (Å²) in [6, 6.07) is 85.0. The van der Waals surface area contributed by atoms with Crippen LogP contribution in [0.2, 0.25) is 0 Å². The number of anilines is 3. The number of rotatable bonds is 8. The van der Waals surface area contributed by atoms with E-state index in [4.69, 9.17) is 4.98 Å². The highest BCUT2D eigenvalue weighted by Crippen LogP contribution is 2.58. The van der Waals surface area contributed by atoms with Gasteiger partial charge < -0.3 is 4.90 Å². The van der Waals surface area contributed by atoms with Crippen molar-refractivity contribution in [2.24, 2.45) is 0 Å². The number of hydrogen-bond acceptors (Lipinski definition) is 2. The average molecular weight is 831 g/mol. The van der Waals surface area contributed by atoms with Crippen molar-refractivity contribution in [2.75, 3.05) is 4.90 Å². The van der Waals surface area contributed by atoms with Crippen molar-refractivity contribution >= 4 is 17.1 Å². The standard InChI is InChI=1S/C63H46N2/c1-62(2)57-26-14-12-24-52(57)54-36-34-51(41-59(54)62)65(50-22-10-5-11-23-50)61-37-31-46(44-19-8-4-9-20-44)39-56(61)47-30-35-55-53-25-13-15-27-58(53)63(60(55)40-47,49-21-16-38-64-42-49)48-32-28-45(29-33-48)43-17-6-3-7-18-43/h3-42H,1-2H3. The summed E-state index contributed by atoms with van der Waals surface area (Å²) in [6.45, 7) is 4.72. The van der Waals surface area contributed by atoms with E-state index in [2.05, 4.69) is 255 Å².